The van der Waals surface area contributed by atoms with Crippen molar-refractivity contribution in [2.75, 3.05) is 25.7 Å². The molecule has 8 heteroatoms. The van der Waals surface area contributed by atoms with Crippen LogP contribution in [0.5, 0.6) is 0 Å². The molecule has 0 bridgehead atoms. The monoisotopic (exact) mass is 334 g/mol. The third-order valence-corrected chi connectivity index (χ3v) is 4.59. The molecule has 1 fully saturated rings. The Morgan fingerprint density at radius 3 is 1.67 bits per heavy atom. The van der Waals surface area contributed by atoms with Gasteiger partial charge in [-0.2, -0.15) is 16.8 Å². The first-order chi connectivity index (χ1) is 9.67. The first-order valence-corrected chi connectivity index (χ1v) is 10.0. The van der Waals surface area contributed by atoms with Crippen molar-refractivity contribution in [1.29, 1.82) is 0 Å². The van der Waals surface area contributed by atoms with E-state index in [9.17, 15) is 16.8 Å². The van der Waals surface area contributed by atoms with E-state index in [2.05, 4.69) is 0 Å². The predicted molar refractivity (Wildman–Crippen MR) is 77.8 cm³/mol. The molecule has 1 aliphatic rings. The van der Waals surface area contributed by atoms with Crippen LogP contribution in [0.1, 0.15) is 11.5 Å². The Morgan fingerprint density at radius 2 is 1.29 bits per heavy atom. The zero-order valence-electron chi connectivity index (χ0n) is 11.8. The van der Waals surface area contributed by atoms with Gasteiger partial charge in [-0.05, 0) is 23.3 Å². The molecule has 1 aromatic rings. The van der Waals surface area contributed by atoms with Gasteiger partial charge in [0.05, 0.1) is 25.7 Å². The van der Waals surface area contributed by atoms with Gasteiger partial charge in [-0.15, -0.1) is 0 Å². The van der Waals surface area contributed by atoms with E-state index < -0.39 is 20.2 Å². The third kappa shape index (κ3) is 5.06. The molecule has 0 spiro atoms. The quantitative estimate of drug-likeness (QED) is 0.691. The summed E-state index contributed by atoms with van der Waals surface area (Å²) in [5, 5.41) is 0. The van der Waals surface area contributed by atoms with E-state index >= 15 is 0 Å². The summed E-state index contributed by atoms with van der Waals surface area (Å²) >= 11 is 0. The Labute approximate surface area is 125 Å². The molecule has 21 heavy (non-hydrogen) atoms. The Bertz CT molecular complexity index is 639. The fraction of sp³-hybridized carbons (Fsp3) is 0.538. The summed E-state index contributed by atoms with van der Waals surface area (Å²) in [6.07, 6.45) is 1.99. The summed E-state index contributed by atoms with van der Waals surface area (Å²) in [6, 6.07) is 9.51. The van der Waals surface area contributed by atoms with E-state index in [1.807, 2.05) is 30.3 Å². The highest BCUT2D eigenvalue weighted by Gasteiger charge is 2.51. The van der Waals surface area contributed by atoms with E-state index in [-0.39, 0.29) is 31.0 Å². The highest BCUT2D eigenvalue weighted by atomic mass is 32.2. The Morgan fingerprint density at radius 1 is 0.857 bits per heavy atom. The summed E-state index contributed by atoms with van der Waals surface area (Å²) in [7, 11) is -7.02. The minimum Gasteiger partial charge on any atom is -0.270 e. The fourth-order valence-corrected chi connectivity index (χ4v) is 3.28. The lowest BCUT2D eigenvalue weighted by molar-refractivity contribution is 0.264. The molecule has 1 aromatic carbocycles. The van der Waals surface area contributed by atoms with E-state index in [4.69, 9.17) is 8.37 Å². The normalized spacial score (nSPS) is 25.7. The lowest BCUT2D eigenvalue weighted by Gasteiger charge is -2.01. The fourth-order valence-electron chi connectivity index (χ4n) is 2.47. The van der Waals surface area contributed by atoms with Gasteiger partial charge < -0.3 is 0 Å². The summed E-state index contributed by atoms with van der Waals surface area (Å²) < 4.78 is 54.0. The molecule has 2 unspecified atom stereocenters. The number of hydrogen-bond acceptors (Lipinski definition) is 6. The van der Waals surface area contributed by atoms with Crippen LogP contribution in [0.15, 0.2) is 30.3 Å². The van der Waals surface area contributed by atoms with Crippen molar-refractivity contribution in [3.05, 3.63) is 35.9 Å². The molecule has 0 heterocycles. The van der Waals surface area contributed by atoms with E-state index in [1.54, 1.807) is 0 Å². The van der Waals surface area contributed by atoms with Crippen LogP contribution < -0.4 is 0 Å². The molecule has 0 aliphatic heterocycles. The van der Waals surface area contributed by atoms with Crippen LogP contribution in [0, 0.1) is 11.8 Å². The van der Waals surface area contributed by atoms with Crippen molar-refractivity contribution < 1.29 is 25.2 Å². The highest BCUT2D eigenvalue weighted by molar-refractivity contribution is 7.86. The molecule has 1 saturated carbocycles. The van der Waals surface area contributed by atoms with Gasteiger partial charge in [-0.1, -0.05) is 30.3 Å². The minimum atomic E-state index is -3.51. The minimum absolute atomic E-state index is 0.0379. The summed E-state index contributed by atoms with van der Waals surface area (Å²) in [4.78, 5) is 0. The average Bonchev–Trinajstić information content (AvgIpc) is 3.07. The maximum atomic E-state index is 11.1. The van der Waals surface area contributed by atoms with Crippen LogP contribution in [0.25, 0.3) is 0 Å². The smallest absolute Gasteiger partial charge is 0.264 e. The second-order valence-corrected chi connectivity index (χ2v) is 8.53. The maximum Gasteiger partial charge on any atom is 0.264 e. The molecule has 0 saturated heterocycles. The molecule has 2 rings (SSSR count). The largest absolute Gasteiger partial charge is 0.270 e. The molecule has 0 radical (unpaired) electrons. The van der Waals surface area contributed by atoms with Gasteiger partial charge in [0.25, 0.3) is 20.2 Å². The Hall–Kier alpha value is -0.960. The van der Waals surface area contributed by atoms with Crippen LogP contribution in [0.2, 0.25) is 0 Å². The molecule has 118 valence electrons. The molecule has 0 amide bonds. The summed E-state index contributed by atoms with van der Waals surface area (Å²) in [6.45, 7) is 0.0758. The van der Waals surface area contributed by atoms with Crippen LogP contribution in [0.3, 0.4) is 0 Å². The van der Waals surface area contributed by atoms with Gasteiger partial charge in [0, 0.05) is 0 Å². The SMILES string of the molecule is CS(=O)(=O)OCC1C(COS(C)(=O)=O)C1c1ccccc1. The highest BCUT2D eigenvalue weighted by Crippen LogP contribution is 2.54. The van der Waals surface area contributed by atoms with Crippen LogP contribution in [0.4, 0.5) is 0 Å². The second-order valence-electron chi connectivity index (χ2n) is 5.24. The lowest BCUT2D eigenvalue weighted by Crippen LogP contribution is -2.09. The van der Waals surface area contributed by atoms with Gasteiger partial charge in [-0.25, -0.2) is 0 Å². The molecule has 1 aliphatic carbocycles. The van der Waals surface area contributed by atoms with Crippen molar-refractivity contribution in [2.24, 2.45) is 11.8 Å². The van der Waals surface area contributed by atoms with Gasteiger partial charge in [-0.3, -0.25) is 8.37 Å². The lowest BCUT2D eigenvalue weighted by atomic mass is 10.1. The Balaban J connectivity index is 2.05. The van der Waals surface area contributed by atoms with E-state index in [0.717, 1.165) is 18.1 Å². The summed E-state index contributed by atoms with van der Waals surface area (Å²) in [5.41, 5.74) is 1.03. The maximum absolute atomic E-state index is 11.1. The standard InChI is InChI=1S/C13H18O6S2/c1-20(14,15)18-8-11-12(9-19-21(2,16)17)13(11)10-6-4-3-5-7-10/h3-7,11-13H,8-9H2,1-2H3. The summed E-state index contributed by atoms with van der Waals surface area (Å²) in [5.74, 6) is -0.0811. The zero-order valence-corrected chi connectivity index (χ0v) is 13.4. The van der Waals surface area contributed by atoms with Crippen LogP contribution in [-0.2, 0) is 28.6 Å². The second kappa shape index (κ2) is 6.04. The predicted octanol–water partition coefficient (Wildman–Crippen LogP) is 0.969. The topological polar surface area (TPSA) is 86.7 Å². The zero-order chi connectivity index (χ0) is 15.7. The number of hydrogen-bond donors (Lipinski definition) is 0. The number of benzene rings is 1. The van der Waals surface area contributed by atoms with Crippen molar-refractivity contribution >= 4 is 20.2 Å². The third-order valence-electron chi connectivity index (χ3n) is 3.47. The molecular formula is C13H18O6S2. The molecule has 0 N–H and O–H groups in total. The van der Waals surface area contributed by atoms with Gasteiger partial charge in [0.1, 0.15) is 0 Å². The van der Waals surface area contributed by atoms with Crippen molar-refractivity contribution in [2.45, 2.75) is 5.92 Å². The first-order valence-electron chi connectivity index (χ1n) is 6.41. The van der Waals surface area contributed by atoms with Gasteiger partial charge >= 0.3 is 0 Å². The van der Waals surface area contributed by atoms with Gasteiger partial charge in [0.15, 0.2) is 0 Å². The van der Waals surface area contributed by atoms with Crippen molar-refractivity contribution in [3.8, 4) is 0 Å². The number of rotatable bonds is 7. The molecule has 2 atom stereocenters. The van der Waals surface area contributed by atoms with E-state index in [1.165, 1.54) is 0 Å². The van der Waals surface area contributed by atoms with Crippen molar-refractivity contribution in [1.82, 2.24) is 0 Å². The average molecular weight is 334 g/mol. The first kappa shape index (κ1) is 16.4. The van der Waals surface area contributed by atoms with Gasteiger partial charge in [0.2, 0.25) is 0 Å². The van der Waals surface area contributed by atoms with Crippen LogP contribution >= 0.6 is 0 Å². The van der Waals surface area contributed by atoms with Crippen molar-refractivity contribution in [3.63, 3.8) is 0 Å². The van der Waals surface area contributed by atoms with Crippen LogP contribution in [-0.4, -0.2) is 42.6 Å². The molecule has 6 nitrogen and oxygen atoms in total. The Kier molecular flexibility index (Phi) is 4.72. The van der Waals surface area contributed by atoms with E-state index in [0.29, 0.717) is 0 Å². The molecule has 0 aromatic heterocycles. The molecular weight excluding hydrogens is 316 g/mol.